The van der Waals surface area contributed by atoms with Gasteiger partial charge in [-0.05, 0) is 6.92 Å². The largest absolute Gasteiger partial charge is 0.479 e. The van der Waals surface area contributed by atoms with Gasteiger partial charge in [-0.1, -0.05) is 0 Å². The van der Waals surface area contributed by atoms with Crippen molar-refractivity contribution in [3.05, 3.63) is 0 Å². The summed E-state index contributed by atoms with van der Waals surface area (Å²) in [6.07, 6.45) is -4.79. The van der Waals surface area contributed by atoms with E-state index in [9.17, 15) is 9.90 Å². The normalized spacial score (nSPS) is 46.0. The van der Waals surface area contributed by atoms with Crippen LogP contribution in [0.2, 0.25) is 0 Å². The number of carboxylic acids is 1. The number of aliphatic hydroxyl groups is 3. The summed E-state index contributed by atoms with van der Waals surface area (Å²) in [6, 6.07) is 0. The van der Waals surface area contributed by atoms with Crippen molar-refractivity contribution in [3.63, 3.8) is 0 Å². The van der Waals surface area contributed by atoms with Crippen molar-refractivity contribution in [1.29, 1.82) is 0 Å². The van der Waals surface area contributed by atoms with E-state index in [4.69, 9.17) is 15.3 Å². The van der Waals surface area contributed by atoms with Crippen LogP contribution in [-0.2, 0) is 9.63 Å². The van der Waals surface area contributed by atoms with Gasteiger partial charge in [-0.3, -0.25) is 4.84 Å². The van der Waals surface area contributed by atoms with Crippen molar-refractivity contribution < 1.29 is 30.1 Å². The van der Waals surface area contributed by atoms with Gasteiger partial charge < -0.3 is 20.4 Å². The minimum absolute atomic E-state index is 1.09. The topological polar surface area (TPSA) is 119 Å². The standard InChI is InChI=1S/C6H11NO6/c1-6(5(11)12)3(9)2(8)4(10)7-13-6/h2-4,7-10H,1H3,(H,11,12)/t2-,3-,4-,6+/m0/s1. The molecule has 1 fully saturated rings. The third-order valence-electron chi connectivity index (χ3n) is 2.03. The molecular weight excluding hydrogens is 182 g/mol. The Hall–Kier alpha value is -0.730. The average Bonchev–Trinajstić information content (AvgIpc) is 2.08. The molecule has 0 amide bonds. The maximum Gasteiger partial charge on any atom is 0.340 e. The summed E-state index contributed by atoms with van der Waals surface area (Å²) in [6.45, 7) is 1.09. The van der Waals surface area contributed by atoms with Crippen LogP contribution in [0.15, 0.2) is 0 Å². The molecule has 0 spiro atoms. The van der Waals surface area contributed by atoms with E-state index in [-0.39, 0.29) is 0 Å². The van der Waals surface area contributed by atoms with Gasteiger partial charge in [0.15, 0.2) is 6.23 Å². The third-order valence-corrected chi connectivity index (χ3v) is 2.03. The molecule has 1 aliphatic heterocycles. The van der Waals surface area contributed by atoms with Crippen LogP contribution >= 0.6 is 0 Å². The molecule has 13 heavy (non-hydrogen) atoms. The second-order valence-corrected chi connectivity index (χ2v) is 3.01. The van der Waals surface area contributed by atoms with Gasteiger partial charge in [-0.15, -0.1) is 0 Å². The first-order valence-corrected chi connectivity index (χ1v) is 3.60. The van der Waals surface area contributed by atoms with Gasteiger partial charge in [-0.25, -0.2) is 4.79 Å². The predicted molar refractivity (Wildman–Crippen MR) is 38.3 cm³/mol. The van der Waals surface area contributed by atoms with Crippen LogP contribution < -0.4 is 5.48 Å². The summed E-state index contributed by atoms with van der Waals surface area (Å²) in [5.41, 5.74) is -0.0609. The Balaban J connectivity index is 2.85. The van der Waals surface area contributed by atoms with Crippen LogP contribution in [0.1, 0.15) is 6.92 Å². The third kappa shape index (κ3) is 1.52. The Morgan fingerprint density at radius 1 is 1.46 bits per heavy atom. The molecule has 0 aromatic rings. The number of hydrogen-bond donors (Lipinski definition) is 5. The number of rotatable bonds is 1. The Kier molecular flexibility index (Phi) is 2.55. The fraction of sp³-hybridized carbons (Fsp3) is 0.833. The number of nitrogens with one attached hydrogen (secondary N) is 1. The lowest BCUT2D eigenvalue weighted by atomic mass is 9.93. The molecule has 0 radical (unpaired) electrons. The number of aliphatic carboxylic acids is 1. The molecule has 0 unspecified atom stereocenters. The van der Waals surface area contributed by atoms with Crippen molar-refractivity contribution >= 4 is 5.97 Å². The lowest BCUT2D eigenvalue weighted by Crippen LogP contribution is -2.66. The SMILES string of the molecule is C[C@@]1(C(=O)O)ON[C@@H](O)[C@@H](O)[C@@H]1O. The monoisotopic (exact) mass is 193 g/mol. The highest BCUT2D eigenvalue weighted by Crippen LogP contribution is 2.23. The Labute approximate surface area is 73.5 Å². The molecule has 0 aromatic heterocycles. The first-order chi connectivity index (χ1) is 5.89. The van der Waals surface area contributed by atoms with E-state index in [2.05, 4.69) is 4.84 Å². The summed E-state index contributed by atoms with van der Waals surface area (Å²) in [7, 11) is 0. The van der Waals surface area contributed by atoms with Crippen molar-refractivity contribution in [3.8, 4) is 0 Å². The minimum atomic E-state index is -1.96. The molecule has 0 saturated carbocycles. The molecule has 1 rings (SSSR count). The van der Waals surface area contributed by atoms with Crippen molar-refractivity contribution in [2.24, 2.45) is 0 Å². The predicted octanol–water partition coefficient (Wildman–Crippen LogP) is -2.60. The van der Waals surface area contributed by atoms with Crippen LogP contribution in [0, 0.1) is 0 Å². The summed E-state index contributed by atoms with van der Waals surface area (Å²) in [5, 5.41) is 36.0. The Morgan fingerprint density at radius 2 is 2.00 bits per heavy atom. The zero-order chi connectivity index (χ0) is 10.2. The lowest BCUT2D eigenvalue weighted by molar-refractivity contribution is -0.274. The first-order valence-electron chi connectivity index (χ1n) is 3.60. The van der Waals surface area contributed by atoms with Gasteiger partial charge in [0.1, 0.15) is 12.2 Å². The number of hydroxylamine groups is 1. The highest BCUT2D eigenvalue weighted by Gasteiger charge is 2.52. The molecular formula is C6H11NO6. The fourth-order valence-corrected chi connectivity index (χ4v) is 0.982. The molecule has 76 valence electrons. The van der Waals surface area contributed by atoms with Gasteiger partial charge in [-0.2, -0.15) is 5.48 Å². The van der Waals surface area contributed by atoms with E-state index >= 15 is 0 Å². The summed E-state index contributed by atoms with van der Waals surface area (Å²) in [5.74, 6) is -1.43. The number of aliphatic hydroxyl groups excluding tert-OH is 3. The number of carbonyl (C=O) groups is 1. The van der Waals surface area contributed by atoms with E-state index in [0.717, 1.165) is 6.92 Å². The highest BCUT2D eigenvalue weighted by molar-refractivity contribution is 5.78. The highest BCUT2D eigenvalue weighted by atomic mass is 16.7. The molecule has 1 heterocycles. The van der Waals surface area contributed by atoms with Crippen LogP contribution in [0.4, 0.5) is 0 Å². The second-order valence-electron chi connectivity index (χ2n) is 3.01. The maximum atomic E-state index is 10.6. The van der Waals surface area contributed by atoms with Crippen molar-refractivity contribution in [2.45, 2.75) is 31.0 Å². The average molecular weight is 193 g/mol. The van der Waals surface area contributed by atoms with Gasteiger partial charge in [0.05, 0.1) is 0 Å². The molecule has 7 heteroatoms. The van der Waals surface area contributed by atoms with E-state index in [1.165, 1.54) is 0 Å². The van der Waals surface area contributed by atoms with Gasteiger partial charge in [0, 0.05) is 0 Å². The molecule has 4 atom stereocenters. The van der Waals surface area contributed by atoms with Crippen molar-refractivity contribution in [2.75, 3.05) is 0 Å². The summed E-state index contributed by atoms with van der Waals surface area (Å²) < 4.78 is 0. The molecule has 0 aromatic carbocycles. The number of hydrogen-bond acceptors (Lipinski definition) is 6. The first kappa shape index (κ1) is 10.4. The van der Waals surface area contributed by atoms with E-state index in [0.29, 0.717) is 0 Å². The van der Waals surface area contributed by atoms with Crippen molar-refractivity contribution in [1.82, 2.24) is 5.48 Å². The fourth-order valence-electron chi connectivity index (χ4n) is 0.982. The second kappa shape index (κ2) is 3.20. The summed E-state index contributed by atoms with van der Waals surface area (Å²) in [4.78, 5) is 15.1. The molecule has 0 bridgehead atoms. The molecule has 7 nitrogen and oxygen atoms in total. The molecule has 1 saturated heterocycles. The lowest BCUT2D eigenvalue weighted by Gasteiger charge is -2.39. The van der Waals surface area contributed by atoms with Crippen LogP contribution in [0.3, 0.4) is 0 Å². The Morgan fingerprint density at radius 3 is 2.46 bits per heavy atom. The van der Waals surface area contributed by atoms with Crippen LogP contribution in [0.5, 0.6) is 0 Å². The van der Waals surface area contributed by atoms with E-state index in [1.54, 1.807) is 0 Å². The van der Waals surface area contributed by atoms with Crippen LogP contribution in [0.25, 0.3) is 0 Å². The maximum absolute atomic E-state index is 10.6. The number of carboxylic acid groups (broad SMARTS) is 1. The van der Waals surface area contributed by atoms with E-state index in [1.807, 2.05) is 5.48 Å². The zero-order valence-electron chi connectivity index (χ0n) is 6.84. The quantitative estimate of drug-likeness (QED) is 0.310. The van der Waals surface area contributed by atoms with E-state index < -0.39 is 30.0 Å². The summed E-state index contributed by atoms with van der Waals surface area (Å²) >= 11 is 0. The van der Waals surface area contributed by atoms with Crippen LogP contribution in [-0.4, -0.2) is 50.4 Å². The zero-order valence-corrected chi connectivity index (χ0v) is 6.84. The molecule has 1 aliphatic rings. The molecule has 0 aliphatic carbocycles. The minimum Gasteiger partial charge on any atom is -0.479 e. The Bertz CT molecular complexity index is 221. The molecule has 5 N–H and O–H groups in total. The smallest absolute Gasteiger partial charge is 0.340 e. The van der Waals surface area contributed by atoms with Gasteiger partial charge in [0.25, 0.3) is 0 Å². The van der Waals surface area contributed by atoms with Gasteiger partial charge in [0.2, 0.25) is 5.60 Å². The van der Waals surface area contributed by atoms with Gasteiger partial charge >= 0.3 is 5.97 Å².